The van der Waals surface area contributed by atoms with Crippen molar-refractivity contribution >= 4 is 49.3 Å². The molecule has 1 aliphatic heterocycles. The number of nitrogens with one attached hydrogen (secondary N) is 1. The minimum absolute atomic E-state index is 0.0480. The topological polar surface area (TPSA) is 82.4 Å². The number of carbonyl (C=O) groups excluding carboxylic acids is 1. The SMILES string of the molecule is COc1ccc(Cn2c(SCC(=O)NC[C@@H]3CCCO3)nc3c(sc4cccc(F)c43)c2=O)cc1. The molecule has 35 heavy (non-hydrogen) atoms. The van der Waals surface area contributed by atoms with E-state index in [-0.39, 0.29) is 29.9 Å². The van der Waals surface area contributed by atoms with Crippen molar-refractivity contribution in [3.63, 3.8) is 0 Å². The maximum Gasteiger partial charge on any atom is 0.272 e. The Bertz CT molecular complexity index is 1430. The van der Waals surface area contributed by atoms with Gasteiger partial charge in [-0.1, -0.05) is 30.0 Å². The maximum atomic E-state index is 14.7. The lowest BCUT2D eigenvalue weighted by molar-refractivity contribution is -0.119. The monoisotopic (exact) mass is 513 g/mol. The van der Waals surface area contributed by atoms with Crippen LogP contribution < -0.4 is 15.6 Å². The van der Waals surface area contributed by atoms with Crippen LogP contribution in [0, 0.1) is 5.82 Å². The minimum atomic E-state index is -0.418. The highest BCUT2D eigenvalue weighted by atomic mass is 32.2. The molecule has 10 heteroatoms. The van der Waals surface area contributed by atoms with Crippen LogP contribution in [0.4, 0.5) is 4.39 Å². The van der Waals surface area contributed by atoms with Gasteiger partial charge in [0.25, 0.3) is 5.56 Å². The molecule has 7 nitrogen and oxygen atoms in total. The molecule has 1 fully saturated rings. The van der Waals surface area contributed by atoms with Gasteiger partial charge in [-0.15, -0.1) is 11.3 Å². The van der Waals surface area contributed by atoms with E-state index in [4.69, 9.17) is 14.5 Å². The van der Waals surface area contributed by atoms with E-state index < -0.39 is 5.82 Å². The Morgan fingerprint density at radius 1 is 1.31 bits per heavy atom. The second-order valence-corrected chi connectivity index (χ2v) is 10.2. The summed E-state index contributed by atoms with van der Waals surface area (Å²) in [6, 6.07) is 12.2. The summed E-state index contributed by atoms with van der Waals surface area (Å²) < 4.78 is 28.0. The van der Waals surface area contributed by atoms with Crippen LogP contribution in [0.2, 0.25) is 0 Å². The van der Waals surface area contributed by atoms with Crippen LogP contribution in [-0.2, 0) is 16.1 Å². The molecule has 4 aromatic rings. The van der Waals surface area contributed by atoms with Crippen molar-refractivity contribution in [3.8, 4) is 5.75 Å². The Morgan fingerprint density at radius 2 is 2.14 bits per heavy atom. The van der Waals surface area contributed by atoms with Crippen molar-refractivity contribution in [2.45, 2.75) is 30.6 Å². The van der Waals surface area contributed by atoms with Crippen molar-refractivity contribution < 1.29 is 18.7 Å². The van der Waals surface area contributed by atoms with Gasteiger partial charge in [0.05, 0.1) is 30.9 Å². The number of benzene rings is 2. The first kappa shape index (κ1) is 23.8. The molecule has 0 spiro atoms. The third kappa shape index (κ3) is 5.05. The Hall–Kier alpha value is -2.95. The van der Waals surface area contributed by atoms with Gasteiger partial charge in [0.15, 0.2) is 5.16 Å². The number of carbonyl (C=O) groups is 1. The van der Waals surface area contributed by atoms with Crippen LogP contribution in [0.15, 0.2) is 52.4 Å². The first-order valence-electron chi connectivity index (χ1n) is 11.3. The van der Waals surface area contributed by atoms with E-state index in [2.05, 4.69) is 5.32 Å². The van der Waals surface area contributed by atoms with Gasteiger partial charge in [0, 0.05) is 17.9 Å². The molecular weight excluding hydrogens is 489 g/mol. The lowest BCUT2D eigenvalue weighted by atomic mass is 10.2. The van der Waals surface area contributed by atoms with Crippen LogP contribution in [0.3, 0.4) is 0 Å². The summed E-state index contributed by atoms with van der Waals surface area (Å²) in [4.78, 5) is 30.8. The predicted molar refractivity (Wildman–Crippen MR) is 136 cm³/mol. The van der Waals surface area contributed by atoms with Crippen LogP contribution in [0.5, 0.6) is 5.75 Å². The molecule has 1 atom stereocenters. The fourth-order valence-electron chi connectivity index (χ4n) is 4.09. The summed E-state index contributed by atoms with van der Waals surface area (Å²) >= 11 is 2.40. The molecule has 0 unspecified atom stereocenters. The summed E-state index contributed by atoms with van der Waals surface area (Å²) in [5.74, 6) is 0.209. The molecule has 1 amide bonds. The largest absolute Gasteiger partial charge is 0.497 e. The summed E-state index contributed by atoms with van der Waals surface area (Å²) in [6.45, 7) is 1.45. The van der Waals surface area contributed by atoms with Gasteiger partial charge in [-0.3, -0.25) is 14.2 Å². The standard InChI is InChI=1S/C25H24FN3O4S2/c1-32-16-9-7-15(8-10-16)13-29-24(31)23-22(21-18(26)5-2-6-19(21)35-23)28-25(29)34-14-20(30)27-12-17-4-3-11-33-17/h2,5-10,17H,3-4,11-14H2,1H3,(H,27,30)/t17-/m0/s1. The summed E-state index contributed by atoms with van der Waals surface area (Å²) in [5.41, 5.74) is 0.959. The molecule has 2 aromatic carbocycles. The van der Waals surface area contributed by atoms with E-state index in [1.54, 1.807) is 23.8 Å². The third-order valence-electron chi connectivity index (χ3n) is 5.90. The highest BCUT2D eigenvalue weighted by molar-refractivity contribution is 7.99. The molecule has 1 N–H and O–H groups in total. The smallest absolute Gasteiger partial charge is 0.272 e. The molecule has 0 bridgehead atoms. The van der Waals surface area contributed by atoms with Crippen molar-refractivity contribution in [1.29, 1.82) is 0 Å². The van der Waals surface area contributed by atoms with Gasteiger partial charge >= 0.3 is 0 Å². The number of thiophene rings is 1. The molecule has 182 valence electrons. The fraction of sp³-hybridized carbons (Fsp3) is 0.320. The lowest BCUT2D eigenvalue weighted by Crippen LogP contribution is -2.33. The molecule has 2 aromatic heterocycles. The first-order valence-corrected chi connectivity index (χ1v) is 13.1. The van der Waals surface area contributed by atoms with Crippen molar-refractivity contribution in [3.05, 3.63) is 64.2 Å². The Balaban J connectivity index is 1.48. The summed E-state index contributed by atoms with van der Waals surface area (Å²) in [5, 5.41) is 3.60. The molecule has 3 heterocycles. The highest BCUT2D eigenvalue weighted by Gasteiger charge is 2.20. The zero-order valence-electron chi connectivity index (χ0n) is 19.1. The van der Waals surface area contributed by atoms with E-state index in [0.717, 1.165) is 25.0 Å². The Labute approximate surface area is 209 Å². The molecule has 0 radical (unpaired) electrons. The third-order valence-corrected chi connectivity index (χ3v) is 8.01. The van der Waals surface area contributed by atoms with E-state index in [0.29, 0.717) is 37.8 Å². The molecule has 0 aliphatic carbocycles. The number of aromatic nitrogens is 2. The minimum Gasteiger partial charge on any atom is -0.497 e. The number of halogens is 1. The first-order chi connectivity index (χ1) is 17.0. The average molecular weight is 514 g/mol. The number of hydrogen-bond donors (Lipinski definition) is 1. The number of thioether (sulfide) groups is 1. The van der Waals surface area contributed by atoms with E-state index >= 15 is 0 Å². The van der Waals surface area contributed by atoms with Crippen LogP contribution in [-0.4, -0.2) is 47.6 Å². The highest BCUT2D eigenvalue weighted by Crippen LogP contribution is 2.33. The molecular formula is C25H24FN3O4S2. The molecule has 0 saturated carbocycles. The van der Waals surface area contributed by atoms with E-state index in [1.807, 2.05) is 24.3 Å². The van der Waals surface area contributed by atoms with Gasteiger partial charge in [-0.25, -0.2) is 9.37 Å². The predicted octanol–water partition coefficient (Wildman–Crippen LogP) is 4.19. The zero-order chi connectivity index (χ0) is 24.4. The fourth-order valence-corrected chi connectivity index (χ4v) is 6.01. The van der Waals surface area contributed by atoms with Crippen LogP contribution >= 0.6 is 23.1 Å². The Kier molecular flexibility index (Phi) is 7.03. The van der Waals surface area contributed by atoms with Crippen molar-refractivity contribution in [1.82, 2.24) is 14.9 Å². The van der Waals surface area contributed by atoms with Gasteiger partial charge < -0.3 is 14.8 Å². The van der Waals surface area contributed by atoms with Crippen molar-refractivity contribution in [2.24, 2.45) is 0 Å². The van der Waals surface area contributed by atoms with Gasteiger partial charge in [-0.2, -0.15) is 0 Å². The number of amides is 1. The second kappa shape index (κ2) is 10.3. The van der Waals surface area contributed by atoms with E-state index in [9.17, 15) is 14.0 Å². The van der Waals surface area contributed by atoms with E-state index in [1.165, 1.54) is 29.2 Å². The zero-order valence-corrected chi connectivity index (χ0v) is 20.7. The second-order valence-electron chi connectivity index (χ2n) is 8.25. The van der Waals surface area contributed by atoms with Crippen LogP contribution in [0.1, 0.15) is 18.4 Å². The maximum absolute atomic E-state index is 14.7. The number of methoxy groups -OCH3 is 1. The van der Waals surface area contributed by atoms with Gasteiger partial charge in [-0.05, 0) is 42.7 Å². The van der Waals surface area contributed by atoms with Crippen LogP contribution in [0.25, 0.3) is 20.3 Å². The number of rotatable bonds is 8. The summed E-state index contributed by atoms with van der Waals surface area (Å²) in [6.07, 6.45) is 1.98. The normalized spacial score (nSPS) is 15.7. The average Bonchev–Trinajstić information content (AvgIpc) is 3.52. The number of nitrogens with zero attached hydrogens (tertiary/aromatic N) is 2. The molecule has 1 saturated heterocycles. The molecule has 5 rings (SSSR count). The number of fused-ring (bicyclic) bond motifs is 3. The van der Waals surface area contributed by atoms with Gasteiger partial charge in [0.1, 0.15) is 21.8 Å². The quantitative estimate of drug-likeness (QED) is 0.281. The van der Waals surface area contributed by atoms with Crippen molar-refractivity contribution in [2.75, 3.05) is 26.0 Å². The number of hydrogen-bond acceptors (Lipinski definition) is 7. The Morgan fingerprint density at radius 3 is 2.89 bits per heavy atom. The lowest BCUT2D eigenvalue weighted by Gasteiger charge is -2.13. The van der Waals surface area contributed by atoms with Gasteiger partial charge in [0.2, 0.25) is 5.91 Å². The summed E-state index contributed by atoms with van der Waals surface area (Å²) in [7, 11) is 1.59. The molecule has 1 aliphatic rings. The number of ether oxygens (including phenoxy) is 2.